The molecule has 0 saturated carbocycles. The number of esters is 1. The number of hydrazine groups is 1. The van der Waals surface area contributed by atoms with Gasteiger partial charge in [-0.05, 0) is 18.2 Å². The van der Waals surface area contributed by atoms with Crippen LogP contribution in [0.5, 0.6) is 5.75 Å². The predicted molar refractivity (Wildman–Crippen MR) is 99.5 cm³/mol. The van der Waals surface area contributed by atoms with E-state index in [1.165, 1.54) is 12.1 Å². The number of carbonyl (C=O) groups excluding carboxylic acids is 3. The summed E-state index contributed by atoms with van der Waals surface area (Å²) in [6.45, 7) is 3.93. The molecule has 1 unspecified atom stereocenters. The standard InChI is InChI=1S/C21H18N2O5/c1-3-12-28-16-11-7-6-10-15(16)17-18(21(26)27-2)22(17)23-19(24)13-8-4-5-9-14(13)20(23)25/h3-11,17-18H,1,12H2,2H3/t17-,18+,22?/m0/s1. The van der Waals surface area contributed by atoms with Crippen LogP contribution in [0.4, 0.5) is 0 Å². The topological polar surface area (TPSA) is 75.9 Å². The van der Waals surface area contributed by atoms with Gasteiger partial charge in [-0.15, -0.1) is 0 Å². The van der Waals surface area contributed by atoms with Crippen LogP contribution in [-0.2, 0) is 9.53 Å². The van der Waals surface area contributed by atoms with Crippen molar-refractivity contribution in [2.24, 2.45) is 0 Å². The van der Waals surface area contributed by atoms with Crippen molar-refractivity contribution < 1.29 is 23.9 Å². The average molecular weight is 378 g/mol. The Labute approximate surface area is 161 Å². The van der Waals surface area contributed by atoms with E-state index in [2.05, 4.69) is 6.58 Å². The molecule has 0 aliphatic carbocycles. The van der Waals surface area contributed by atoms with E-state index < -0.39 is 29.9 Å². The van der Waals surface area contributed by atoms with E-state index in [4.69, 9.17) is 9.47 Å². The van der Waals surface area contributed by atoms with E-state index in [0.717, 1.165) is 5.01 Å². The van der Waals surface area contributed by atoms with Gasteiger partial charge in [0.05, 0.1) is 24.3 Å². The summed E-state index contributed by atoms with van der Waals surface area (Å²) in [7, 11) is 1.28. The van der Waals surface area contributed by atoms with Crippen molar-refractivity contribution in [3.05, 3.63) is 77.9 Å². The Morgan fingerprint density at radius 3 is 2.29 bits per heavy atom. The Hall–Kier alpha value is -3.45. The fraction of sp³-hybridized carbons (Fsp3) is 0.190. The number of amides is 2. The average Bonchev–Trinajstić information content (AvgIpc) is 3.40. The molecule has 0 aromatic heterocycles. The molecule has 0 spiro atoms. The molecule has 3 atom stereocenters. The fourth-order valence-electron chi connectivity index (χ4n) is 3.53. The molecule has 7 nitrogen and oxygen atoms in total. The third-order valence-corrected chi connectivity index (χ3v) is 4.82. The number of carbonyl (C=O) groups is 3. The maximum atomic E-state index is 12.8. The van der Waals surface area contributed by atoms with Gasteiger partial charge in [-0.25, -0.2) is 5.01 Å². The summed E-state index contributed by atoms with van der Waals surface area (Å²) in [5.41, 5.74) is 1.33. The minimum absolute atomic E-state index is 0.291. The van der Waals surface area contributed by atoms with Gasteiger partial charge in [-0.1, -0.05) is 43.0 Å². The SMILES string of the molecule is C=CCOc1ccccc1[C@H]1[C@H](C(=O)OC)N1N1C(=O)c2ccccc2C1=O. The molecule has 7 heteroatoms. The van der Waals surface area contributed by atoms with E-state index in [1.54, 1.807) is 42.5 Å². The van der Waals surface area contributed by atoms with Crippen LogP contribution >= 0.6 is 0 Å². The van der Waals surface area contributed by atoms with E-state index in [1.807, 2.05) is 12.1 Å². The molecule has 2 amide bonds. The first-order valence-electron chi connectivity index (χ1n) is 8.76. The fourth-order valence-corrected chi connectivity index (χ4v) is 3.53. The van der Waals surface area contributed by atoms with Gasteiger partial charge in [0, 0.05) is 5.56 Å². The van der Waals surface area contributed by atoms with Gasteiger partial charge in [0.1, 0.15) is 18.4 Å². The minimum atomic E-state index is -0.791. The van der Waals surface area contributed by atoms with Crippen molar-refractivity contribution in [1.82, 2.24) is 10.0 Å². The van der Waals surface area contributed by atoms with Crippen LogP contribution in [0.1, 0.15) is 32.3 Å². The Bertz CT molecular complexity index is 951. The number of benzene rings is 2. The number of fused-ring (bicyclic) bond motifs is 1. The summed E-state index contributed by atoms with van der Waals surface area (Å²) in [5.74, 6) is -0.886. The van der Waals surface area contributed by atoms with Gasteiger partial charge < -0.3 is 9.47 Å². The molecule has 28 heavy (non-hydrogen) atoms. The lowest BCUT2D eigenvalue weighted by atomic mass is 10.1. The molecule has 0 bridgehead atoms. The van der Waals surface area contributed by atoms with Crippen LogP contribution in [0.25, 0.3) is 0 Å². The van der Waals surface area contributed by atoms with E-state index in [9.17, 15) is 14.4 Å². The summed E-state index contributed by atoms with van der Waals surface area (Å²) in [5, 5.41) is 2.48. The second kappa shape index (κ2) is 6.94. The lowest BCUT2D eigenvalue weighted by Crippen LogP contribution is -2.37. The van der Waals surface area contributed by atoms with Crippen molar-refractivity contribution in [2.75, 3.05) is 13.7 Å². The van der Waals surface area contributed by atoms with Crippen LogP contribution in [0.2, 0.25) is 0 Å². The minimum Gasteiger partial charge on any atom is -0.489 e. The summed E-state index contributed by atoms with van der Waals surface area (Å²) in [6, 6.07) is 12.4. The van der Waals surface area contributed by atoms with Gasteiger partial charge in [-0.3, -0.25) is 14.4 Å². The number of hydrogen-bond donors (Lipinski definition) is 0. The zero-order valence-corrected chi connectivity index (χ0v) is 15.2. The highest BCUT2D eigenvalue weighted by molar-refractivity contribution is 6.21. The Balaban J connectivity index is 1.72. The van der Waals surface area contributed by atoms with Crippen molar-refractivity contribution in [1.29, 1.82) is 0 Å². The highest BCUT2D eigenvalue weighted by Gasteiger charge is 2.62. The maximum absolute atomic E-state index is 12.8. The second-order valence-electron chi connectivity index (χ2n) is 6.40. The molecule has 2 heterocycles. The third-order valence-electron chi connectivity index (χ3n) is 4.82. The molecule has 2 aromatic rings. The van der Waals surface area contributed by atoms with Gasteiger partial charge in [0.2, 0.25) is 0 Å². The van der Waals surface area contributed by atoms with Gasteiger partial charge in [0.15, 0.2) is 0 Å². The molecule has 0 N–H and O–H groups in total. The van der Waals surface area contributed by atoms with Crippen molar-refractivity contribution in [3.63, 3.8) is 0 Å². The molecule has 1 saturated heterocycles. The van der Waals surface area contributed by atoms with E-state index in [-0.39, 0.29) is 0 Å². The number of rotatable bonds is 6. The monoisotopic (exact) mass is 378 g/mol. The Morgan fingerprint density at radius 1 is 1.07 bits per heavy atom. The molecule has 2 aliphatic rings. The maximum Gasteiger partial charge on any atom is 0.327 e. The molecule has 2 aromatic carbocycles. The number of imide groups is 1. The number of hydrogen-bond acceptors (Lipinski definition) is 6. The van der Waals surface area contributed by atoms with Crippen LogP contribution in [0.15, 0.2) is 61.2 Å². The third kappa shape index (κ3) is 2.68. The highest BCUT2D eigenvalue weighted by atomic mass is 16.5. The smallest absolute Gasteiger partial charge is 0.327 e. The van der Waals surface area contributed by atoms with Crippen LogP contribution in [0, 0.1) is 0 Å². The number of nitrogens with zero attached hydrogens (tertiary/aromatic N) is 2. The van der Waals surface area contributed by atoms with Crippen molar-refractivity contribution in [2.45, 2.75) is 12.1 Å². The summed E-state index contributed by atoms with van der Waals surface area (Å²) in [6.07, 6.45) is 1.61. The molecule has 4 rings (SSSR count). The molecule has 2 aliphatic heterocycles. The highest BCUT2D eigenvalue weighted by Crippen LogP contribution is 2.50. The normalized spacial score (nSPS) is 22.6. The van der Waals surface area contributed by atoms with Gasteiger partial charge in [0.25, 0.3) is 11.8 Å². The first kappa shape index (κ1) is 17.9. The van der Waals surface area contributed by atoms with Gasteiger partial charge in [-0.2, -0.15) is 5.01 Å². The molecular weight excluding hydrogens is 360 g/mol. The zero-order chi connectivity index (χ0) is 19.8. The summed E-state index contributed by atoms with van der Waals surface area (Å²) >= 11 is 0. The predicted octanol–water partition coefficient (Wildman–Crippen LogP) is 2.36. The van der Waals surface area contributed by atoms with Crippen molar-refractivity contribution >= 4 is 17.8 Å². The molecular formula is C21H18N2O5. The number of ether oxygens (including phenoxy) is 2. The Kier molecular flexibility index (Phi) is 4.44. The van der Waals surface area contributed by atoms with Gasteiger partial charge >= 0.3 is 5.97 Å². The summed E-state index contributed by atoms with van der Waals surface area (Å²) in [4.78, 5) is 38.1. The number of para-hydroxylation sites is 1. The molecule has 0 radical (unpaired) electrons. The van der Waals surface area contributed by atoms with Crippen LogP contribution in [0.3, 0.4) is 0 Å². The second-order valence-corrected chi connectivity index (χ2v) is 6.40. The first-order chi connectivity index (χ1) is 13.6. The quantitative estimate of drug-likeness (QED) is 0.332. The summed E-state index contributed by atoms with van der Waals surface area (Å²) < 4.78 is 10.6. The number of methoxy groups -OCH3 is 1. The van der Waals surface area contributed by atoms with E-state index >= 15 is 0 Å². The Morgan fingerprint density at radius 2 is 1.68 bits per heavy atom. The zero-order valence-electron chi connectivity index (χ0n) is 15.2. The lowest BCUT2D eigenvalue weighted by Gasteiger charge is -2.17. The molecule has 1 fully saturated rings. The van der Waals surface area contributed by atoms with Crippen LogP contribution in [-0.4, -0.2) is 47.6 Å². The van der Waals surface area contributed by atoms with E-state index in [0.29, 0.717) is 29.0 Å². The first-order valence-corrected chi connectivity index (χ1v) is 8.76. The molecule has 142 valence electrons. The van der Waals surface area contributed by atoms with Crippen LogP contribution < -0.4 is 4.74 Å². The lowest BCUT2D eigenvalue weighted by molar-refractivity contribution is -0.141. The largest absolute Gasteiger partial charge is 0.489 e. The van der Waals surface area contributed by atoms with Crippen molar-refractivity contribution in [3.8, 4) is 5.75 Å².